The Balaban J connectivity index is 0.701. The van der Waals surface area contributed by atoms with E-state index < -0.39 is 0 Å². The van der Waals surface area contributed by atoms with Gasteiger partial charge in [-0.25, -0.2) is 9.36 Å². The van der Waals surface area contributed by atoms with E-state index in [9.17, 15) is 24.0 Å². The van der Waals surface area contributed by atoms with Gasteiger partial charge < -0.3 is 26.6 Å². The van der Waals surface area contributed by atoms with Crippen molar-refractivity contribution in [2.45, 2.75) is 97.4 Å². The van der Waals surface area contributed by atoms with Crippen LogP contribution in [0.5, 0.6) is 0 Å². The molecule has 5 N–H and O–H groups in total. The Morgan fingerprint density at radius 1 is 0.412 bits per heavy atom. The molecule has 0 atom stereocenters. The smallest absolute Gasteiger partial charge is 0.272 e. The molecule has 2 heterocycles. The SMILES string of the molecule is Cc1c(C(=O)NCCCCCCNC(=O)CCCCCNC(=O)c2ccc(CNC(=O)CCCCCNC(=O)c3nn(-c4ccc(Cl)cc4Cl)c(-c4ccc(Cl)cc4)c3C)cc2)nn(-c2ccc(Cl)cc2Cl)c1-c1ccc(Cl)cc1. The summed E-state index contributed by atoms with van der Waals surface area (Å²) < 4.78 is 3.31. The molecule has 0 aliphatic carbocycles. The van der Waals surface area contributed by atoms with Crippen LogP contribution in [0.4, 0.5) is 0 Å². The first-order chi connectivity index (χ1) is 38.6. The molecule has 0 spiro atoms. The number of nitrogens with zero attached hydrogens (tertiary/aromatic N) is 4. The van der Waals surface area contributed by atoms with Gasteiger partial charge in [0.05, 0.1) is 32.8 Å². The molecule has 0 fully saturated rings. The summed E-state index contributed by atoms with van der Waals surface area (Å²) in [6.45, 7) is 6.02. The molecule has 20 heteroatoms. The van der Waals surface area contributed by atoms with E-state index in [4.69, 9.17) is 69.6 Å². The van der Waals surface area contributed by atoms with Gasteiger partial charge in [-0.3, -0.25) is 24.0 Å². The van der Waals surface area contributed by atoms with E-state index in [0.717, 1.165) is 73.8 Å². The van der Waals surface area contributed by atoms with E-state index in [1.54, 1.807) is 82.2 Å². The second kappa shape index (κ2) is 30.4. The number of hydrogen-bond donors (Lipinski definition) is 5. The second-order valence-electron chi connectivity index (χ2n) is 19.3. The molecule has 0 aliphatic rings. The van der Waals surface area contributed by atoms with Crippen molar-refractivity contribution in [3.63, 3.8) is 0 Å². The fourth-order valence-corrected chi connectivity index (χ4v) is 10.2. The van der Waals surface area contributed by atoms with Gasteiger partial charge in [0, 0.05) is 93.5 Å². The highest BCUT2D eigenvalue weighted by Crippen LogP contribution is 2.35. The number of rotatable bonds is 28. The molecule has 420 valence electrons. The number of carbonyl (C=O) groups excluding carboxylic acids is 5. The van der Waals surface area contributed by atoms with Crippen LogP contribution in [0.3, 0.4) is 0 Å². The highest BCUT2D eigenvalue weighted by Gasteiger charge is 2.25. The summed E-state index contributed by atoms with van der Waals surface area (Å²) in [6, 6.07) is 31.9. The van der Waals surface area contributed by atoms with Crippen LogP contribution in [0.2, 0.25) is 30.1 Å². The van der Waals surface area contributed by atoms with Crippen molar-refractivity contribution in [3.8, 4) is 33.9 Å². The quantitative estimate of drug-likeness (QED) is 0.0303. The third-order valence-electron chi connectivity index (χ3n) is 13.3. The van der Waals surface area contributed by atoms with E-state index in [2.05, 4.69) is 36.8 Å². The lowest BCUT2D eigenvalue weighted by molar-refractivity contribution is -0.122. The highest BCUT2D eigenvalue weighted by molar-refractivity contribution is 6.36. The minimum atomic E-state index is -0.316. The molecule has 7 aromatic rings. The molecule has 14 nitrogen and oxygen atoms in total. The van der Waals surface area contributed by atoms with Gasteiger partial charge in [0.2, 0.25) is 11.8 Å². The Morgan fingerprint density at radius 3 is 1.21 bits per heavy atom. The fourth-order valence-electron chi connectivity index (χ4n) is 9.00. The van der Waals surface area contributed by atoms with Crippen LogP contribution in [0.1, 0.15) is 125 Å². The number of amides is 5. The van der Waals surface area contributed by atoms with E-state index in [1.165, 1.54) is 0 Å². The highest BCUT2D eigenvalue weighted by atomic mass is 35.5. The zero-order chi connectivity index (χ0) is 57.1. The van der Waals surface area contributed by atoms with Crippen LogP contribution in [-0.4, -0.2) is 75.3 Å². The van der Waals surface area contributed by atoms with Gasteiger partial charge in [-0.2, -0.15) is 10.2 Å². The lowest BCUT2D eigenvalue weighted by Gasteiger charge is -2.11. The molecule has 80 heavy (non-hydrogen) atoms. The molecule has 5 aromatic carbocycles. The first kappa shape index (κ1) is 61.2. The molecule has 0 saturated heterocycles. The van der Waals surface area contributed by atoms with Crippen molar-refractivity contribution in [3.05, 3.63) is 173 Å². The van der Waals surface area contributed by atoms with Gasteiger partial charge >= 0.3 is 0 Å². The Hall–Kier alpha value is -6.39. The van der Waals surface area contributed by atoms with Gasteiger partial charge in [-0.1, -0.05) is 132 Å². The Labute approximate surface area is 496 Å². The molecule has 2 aromatic heterocycles. The topological polar surface area (TPSA) is 181 Å². The maximum atomic E-state index is 13.4. The standard InChI is InChI=1S/C60H63Cl6N9O5/c1-38-54(72-74(50-29-27-46(63)35-48(50)65)56(38)41-19-23-44(61)24-20-41)59(79)69-33-10-4-3-9-31-67-52(76)13-7-5-11-32-68-58(78)43-17-15-40(16-18-43)37-71-53(77)14-8-6-12-34-70-60(80)55-39(2)57(42-21-25-45(62)26-22-42)75(73-55)51-30-28-47(64)36-49(51)66/h15-30,35-36H,3-14,31-34,37H2,1-2H3,(H,67,76)(H,68,78)(H,69,79)(H,70,80)(H,71,77). The minimum absolute atomic E-state index is 0.00779. The number of benzene rings is 5. The number of nitrogens with one attached hydrogen (secondary N) is 5. The molecular formula is C60H63Cl6N9O5. The van der Waals surface area contributed by atoms with E-state index in [0.29, 0.717) is 128 Å². The average molecular weight is 1200 g/mol. The number of hydrogen-bond acceptors (Lipinski definition) is 7. The van der Waals surface area contributed by atoms with Crippen LogP contribution in [-0.2, 0) is 16.1 Å². The van der Waals surface area contributed by atoms with Gasteiger partial charge in [0.15, 0.2) is 11.4 Å². The van der Waals surface area contributed by atoms with Crippen molar-refractivity contribution in [1.29, 1.82) is 0 Å². The molecular weight excluding hydrogens is 1140 g/mol. The molecule has 5 amide bonds. The fraction of sp³-hybridized carbons (Fsp3) is 0.317. The van der Waals surface area contributed by atoms with Crippen molar-refractivity contribution in [1.82, 2.24) is 46.1 Å². The van der Waals surface area contributed by atoms with Crippen molar-refractivity contribution < 1.29 is 24.0 Å². The molecule has 0 aliphatic heterocycles. The van der Waals surface area contributed by atoms with E-state index in [1.807, 2.05) is 50.2 Å². The molecule has 0 bridgehead atoms. The zero-order valence-corrected chi connectivity index (χ0v) is 49.0. The Kier molecular flexibility index (Phi) is 23.3. The first-order valence-corrected chi connectivity index (χ1v) is 28.9. The van der Waals surface area contributed by atoms with Crippen molar-refractivity contribution >= 4 is 99.1 Å². The summed E-state index contributed by atoms with van der Waals surface area (Å²) in [6.07, 6.45) is 8.50. The number of carbonyl (C=O) groups is 5. The molecule has 0 radical (unpaired) electrons. The average Bonchev–Trinajstić information content (AvgIpc) is 4.02. The summed E-state index contributed by atoms with van der Waals surface area (Å²) >= 11 is 37.8. The molecule has 0 unspecified atom stereocenters. The van der Waals surface area contributed by atoms with Gasteiger partial charge in [0.25, 0.3) is 17.7 Å². The predicted octanol–water partition coefficient (Wildman–Crippen LogP) is 13.9. The largest absolute Gasteiger partial charge is 0.356 e. The van der Waals surface area contributed by atoms with E-state index >= 15 is 0 Å². The van der Waals surface area contributed by atoms with Crippen LogP contribution in [0.15, 0.2) is 109 Å². The van der Waals surface area contributed by atoms with Crippen LogP contribution in [0.25, 0.3) is 33.9 Å². The first-order valence-electron chi connectivity index (χ1n) is 26.7. The number of unbranched alkanes of at least 4 members (excludes halogenated alkanes) is 7. The normalized spacial score (nSPS) is 11.1. The van der Waals surface area contributed by atoms with Crippen LogP contribution >= 0.6 is 69.6 Å². The summed E-state index contributed by atoms with van der Waals surface area (Å²) in [4.78, 5) is 64.6. The van der Waals surface area contributed by atoms with Gasteiger partial charge in [0.1, 0.15) is 0 Å². The summed E-state index contributed by atoms with van der Waals surface area (Å²) in [5, 5.41) is 27.1. The predicted molar refractivity (Wildman–Crippen MR) is 321 cm³/mol. The molecule has 7 rings (SSSR count). The monoisotopic (exact) mass is 1200 g/mol. The lowest BCUT2D eigenvalue weighted by Crippen LogP contribution is -2.26. The lowest BCUT2D eigenvalue weighted by atomic mass is 10.1. The summed E-state index contributed by atoms with van der Waals surface area (Å²) in [5.74, 6) is -0.850. The molecule has 0 saturated carbocycles. The summed E-state index contributed by atoms with van der Waals surface area (Å²) in [7, 11) is 0. The van der Waals surface area contributed by atoms with Crippen LogP contribution < -0.4 is 26.6 Å². The third kappa shape index (κ3) is 17.3. The third-order valence-corrected chi connectivity index (χ3v) is 14.9. The summed E-state index contributed by atoms with van der Waals surface area (Å²) in [5.41, 5.74) is 7.59. The maximum Gasteiger partial charge on any atom is 0.272 e. The Morgan fingerprint density at radius 2 is 0.787 bits per heavy atom. The number of halogens is 6. The number of aromatic nitrogens is 4. The Bertz CT molecular complexity index is 3270. The second-order valence-corrected chi connectivity index (χ2v) is 21.9. The van der Waals surface area contributed by atoms with Crippen molar-refractivity contribution in [2.75, 3.05) is 26.2 Å². The van der Waals surface area contributed by atoms with Gasteiger partial charge in [-0.05, 0) is 131 Å². The maximum absolute atomic E-state index is 13.4. The van der Waals surface area contributed by atoms with E-state index in [-0.39, 0.29) is 35.2 Å². The minimum Gasteiger partial charge on any atom is -0.356 e. The van der Waals surface area contributed by atoms with Gasteiger partial charge in [-0.15, -0.1) is 0 Å². The van der Waals surface area contributed by atoms with Crippen LogP contribution in [0, 0.1) is 13.8 Å². The van der Waals surface area contributed by atoms with Crippen molar-refractivity contribution in [2.24, 2.45) is 0 Å². The zero-order valence-electron chi connectivity index (χ0n) is 44.5.